The Morgan fingerprint density at radius 1 is 0.840 bits per heavy atom. The zero-order valence-electron chi connectivity index (χ0n) is 14.3. The van der Waals surface area contributed by atoms with E-state index in [9.17, 15) is 0 Å². The minimum Gasteiger partial charge on any atom is -0.490 e. The van der Waals surface area contributed by atoms with Crippen LogP contribution >= 0.6 is 0 Å². The number of rotatable bonds is 8. The molecule has 0 spiro atoms. The maximum Gasteiger partial charge on any atom is 0.126 e. The predicted octanol–water partition coefficient (Wildman–Crippen LogP) is 4.46. The van der Waals surface area contributed by atoms with E-state index >= 15 is 0 Å². The molecule has 4 nitrogen and oxygen atoms in total. The van der Waals surface area contributed by atoms with Crippen LogP contribution in [0.3, 0.4) is 0 Å². The monoisotopic (exact) mass is 334 g/mol. The van der Waals surface area contributed by atoms with Crippen LogP contribution in [-0.2, 0) is 6.54 Å². The van der Waals surface area contributed by atoms with Crippen LogP contribution in [0.15, 0.2) is 72.9 Å². The van der Waals surface area contributed by atoms with Gasteiger partial charge >= 0.3 is 0 Å². The quantitative estimate of drug-likeness (QED) is 0.618. The number of nitrogens with one attached hydrogen (secondary N) is 1. The molecule has 3 aromatic rings. The number of ether oxygens (including phenoxy) is 2. The van der Waals surface area contributed by atoms with Gasteiger partial charge in [-0.1, -0.05) is 35.9 Å². The fourth-order valence-corrected chi connectivity index (χ4v) is 2.36. The second kappa shape index (κ2) is 8.73. The topological polar surface area (TPSA) is 43.4 Å². The van der Waals surface area contributed by atoms with Gasteiger partial charge in [0, 0.05) is 12.7 Å². The first kappa shape index (κ1) is 16.8. The van der Waals surface area contributed by atoms with Crippen molar-refractivity contribution < 1.29 is 9.47 Å². The zero-order valence-corrected chi connectivity index (χ0v) is 14.3. The van der Waals surface area contributed by atoms with E-state index in [-0.39, 0.29) is 0 Å². The lowest BCUT2D eigenvalue weighted by molar-refractivity contribution is 0.217. The average molecular weight is 334 g/mol. The van der Waals surface area contributed by atoms with Gasteiger partial charge < -0.3 is 14.8 Å². The number of benzene rings is 2. The molecule has 0 unspecified atom stereocenters. The third-order valence-electron chi connectivity index (χ3n) is 3.68. The van der Waals surface area contributed by atoms with E-state index in [1.165, 1.54) is 5.56 Å². The van der Waals surface area contributed by atoms with Gasteiger partial charge in [0.05, 0.1) is 0 Å². The lowest BCUT2D eigenvalue weighted by Gasteiger charge is -2.10. The number of aromatic nitrogens is 1. The summed E-state index contributed by atoms with van der Waals surface area (Å²) in [5, 5.41) is 3.29. The van der Waals surface area contributed by atoms with Crippen LogP contribution in [0.2, 0.25) is 0 Å². The van der Waals surface area contributed by atoms with E-state index in [0.717, 1.165) is 22.9 Å². The smallest absolute Gasteiger partial charge is 0.126 e. The van der Waals surface area contributed by atoms with Crippen molar-refractivity contribution in [3.05, 3.63) is 84.1 Å². The van der Waals surface area contributed by atoms with Crippen molar-refractivity contribution in [2.45, 2.75) is 13.5 Å². The first-order valence-corrected chi connectivity index (χ1v) is 8.36. The highest BCUT2D eigenvalue weighted by atomic mass is 16.5. The first-order valence-electron chi connectivity index (χ1n) is 8.36. The Bertz CT molecular complexity index is 773. The normalized spacial score (nSPS) is 10.3. The van der Waals surface area contributed by atoms with Crippen molar-refractivity contribution in [1.82, 2.24) is 4.98 Å². The van der Waals surface area contributed by atoms with Gasteiger partial charge in [-0.3, -0.25) is 0 Å². The summed E-state index contributed by atoms with van der Waals surface area (Å²) in [6.45, 7) is 3.78. The van der Waals surface area contributed by atoms with E-state index in [1.807, 2.05) is 60.7 Å². The van der Waals surface area contributed by atoms with Gasteiger partial charge in [0.1, 0.15) is 30.5 Å². The van der Waals surface area contributed by atoms with Gasteiger partial charge in [0.25, 0.3) is 0 Å². The highest BCUT2D eigenvalue weighted by Crippen LogP contribution is 2.15. The van der Waals surface area contributed by atoms with E-state index in [4.69, 9.17) is 9.47 Å². The van der Waals surface area contributed by atoms with Gasteiger partial charge in [-0.15, -0.1) is 0 Å². The van der Waals surface area contributed by atoms with E-state index in [0.29, 0.717) is 19.8 Å². The highest BCUT2D eigenvalue weighted by Gasteiger charge is 1.99. The molecule has 3 rings (SSSR count). The second-order valence-electron chi connectivity index (χ2n) is 5.73. The largest absolute Gasteiger partial charge is 0.490 e. The van der Waals surface area contributed by atoms with Crippen LogP contribution in [0.1, 0.15) is 11.1 Å². The molecule has 1 N–H and O–H groups in total. The van der Waals surface area contributed by atoms with Crippen LogP contribution in [0, 0.1) is 6.92 Å². The molecule has 0 atom stereocenters. The van der Waals surface area contributed by atoms with Gasteiger partial charge in [-0.05, 0) is 48.9 Å². The molecule has 1 heterocycles. The van der Waals surface area contributed by atoms with Crippen molar-refractivity contribution in [1.29, 1.82) is 0 Å². The first-order chi connectivity index (χ1) is 12.3. The molecule has 0 radical (unpaired) electrons. The van der Waals surface area contributed by atoms with E-state index in [2.05, 4.69) is 23.3 Å². The Balaban J connectivity index is 1.44. The maximum atomic E-state index is 5.78. The number of hydrogen-bond donors (Lipinski definition) is 1. The molecule has 4 heteroatoms. The van der Waals surface area contributed by atoms with Crippen molar-refractivity contribution >= 4 is 5.82 Å². The van der Waals surface area contributed by atoms with Crippen LogP contribution in [0.4, 0.5) is 5.82 Å². The molecule has 0 saturated heterocycles. The molecule has 0 aliphatic rings. The van der Waals surface area contributed by atoms with Crippen LogP contribution in [0.5, 0.6) is 11.5 Å². The van der Waals surface area contributed by atoms with E-state index in [1.54, 1.807) is 6.20 Å². The molecule has 0 saturated carbocycles. The minimum atomic E-state index is 0.505. The summed E-state index contributed by atoms with van der Waals surface area (Å²) in [4.78, 5) is 4.25. The minimum absolute atomic E-state index is 0.505. The van der Waals surface area contributed by atoms with Gasteiger partial charge in [0.2, 0.25) is 0 Å². The molecule has 0 aliphatic carbocycles. The van der Waals surface area contributed by atoms with Gasteiger partial charge in [0.15, 0.2) is 0 Å². The van der Waals surface area contributed by atoms with Crippen LogP contribution in [-0.4, -0.2) is 18.2 Å². The lowest BCUT2D eigenvalue weighted by atomic mass is 10.2. The third-order valence-corrected chi connectivity index (χ3v) is 3.68. The molecule has 2 aromatic carbocycles. The summed E-state index contributed by atoms with van der Waals surface area (Å²) in [6, 6.07) is 21.9. The lowest BCUT2D eigenvalue weighted by Crippen LogP contribution is -2.09. The molecule has 0 amide bonds. The van der Waals surface area contributed by atoms with Crippen molar-refractivity contribution in [2.24, 2.45) is 0 Å². The van der Waals surface area contributed by atoms with Crippen LogP contribution < -0.4 is 14.8 Å². The number of hydrogen-bond acceptors (Lipinski definition) is 4. The maximum absolute atomic E-state index is 5.78. The average Bonchev–Trinajstić information content (AvgIpc) is 2.66. The number of aryl methyl sites for hydroxylation is 1. The zero-order chi connectivity index (χ0) is 17.3. The van der Waals surface area contributed by atoms with Crippen LogP contribution in [0.25, 0.3) is 0 Å². The van der Waals surface area contributed by atoms with Gasteiger partial charge in [-0.25, -0.2) is 4.98 Å². The van der Waals surface area contributed by atoms with Gasteiger partial charge in [-0.2, -0.15) is 0 Å². The second-order valence-corrected chi connectivity index (χ2v) is 5.73. The van der Waals surface area contributed by atoms with Crippen molar-refractivity contribution in [3.8, 4) is 11.5 Å². The summed E-state index contributed by atoms with van der Waals surface area (Å²) in [7, 11) is 0. The number of nitrogens with zero attached hydrogens (tertiary/aromatic N) is 1. The Morgan fingerprint density at radius 2 is 1.64 bits per heavy atom. The highest BCUT2D eigenvalue weighted by molar-refractivity contribution is 5.36. The number of pyridine rings is 1. The molecular weight excluding hydrogens is 312 g/mol. The Kier molecular flexibility index (Phi) is 5.88. The molecule has 128 valence electrons. The predicted molar refractivity (Wildman–Crippen MR) is 100 cm³/mol. The molecule has 0 aliphatic heterocycles. The SMILES string of the molecule is Cc1ccc(OCCOc2cccc(CNc3ccccn3)c2)cc1. The molecule has 25 heavy (non-hydrogen) atoms. The Labute approximate surface area is 148 Å². The molecule has 1 aromatic heterocycles. The Morgan fingerprint density at radius 3 is 2.40 bits per heavy atom. The summed E-state index contributed by atoms with van der Waals surface area (Å²) in [6.07, 6.45) is 1.77. The summed E-state index contributed by atoms with van der Waals surface area (Å²) >= 11 is 0. The summed E-state index contributed by atoms with van der Waals surface area (Å²) < 4.78 is 11.4. The fourth-order valence-electron chi connectivity index (χ4n) is 2.36. The van der Waals surface area contributed by atoms with Crippen molar-refractivity contribution in [2.75, 3.05) is 18.5 Å². The summed E-state index contributed by atoms with van der Waals surface area (Å²) in [5.74, 6) is 2.57. The fraction of sp³-hybridized carbons (Fsp3) is 0.190. The molecular formula is C21H22N2O2. The molecule has 0 fully saturated rings. The third kappa shape index (κ3) is 5.53. The summed E-state index contributed by atoms with van der Waals surface area (Å²) in [5.41, 5.74) is 2.36. The van der Waals surface area contributed by atoms with Crippen molar-refractivity contribution in [3.63, 3.8) is 0 Å². The number of anilines is 1. The molecule has 0 bridgehead atoms. The van der Waals surface area contributed by atoms with E-state index < -0.39 is 0 Å². The Hall–Kier alpha value is -3.01. The standard InChI is InChI=1S/C21H22N2O2/c1-17-8-10-19(11-9-17)24-13-14-25-20-6-4-5-18(15-20)16-23-21-7-2-3-12-22-21/h2-12,15H,13-14,16H2,1H3,(H,22,23).